The summed E-state index contributed by atoms with van der Waals surface area (Å²) in [6.45, 7) is 4.87. The van der Waals surface area contributed by atoms with E-state index in [9.17, 15) is 4.39 Å². The highest BCUT2D eigenvalue weighted by atomic mass is 19.1. The molecule has 0 aliphatic heterocycles. The Balaban J connectivity index is 1.92. The first-order chi connectivity index (χ1) is 8.28. The molecule has 1 aromatic carbocycles. The third-order valence-corrected chi connectivity index (χ3v) is 2.69. The molecule has 0 heterocycles. The van der Waals surface area contributed by atoms with Crippen molar-refractivity contribution in [2.75, 3.05) is 6.61 Å². The fraction of sp³-hybridized carbons (Fsp3) is 0.429. The van der Waals surface area contributed by atoms with E-state index in [1.165, 1.54) is 18.9 Å². The topological polar surface area (TPSA) is 21.3 Å². The highest BCUT2D eigenvalue weighted by Crippen LogP contribution is 2.21. The number of rotatable bonds is 7. The van der Waals surface area contributed by atoms with Crippen molar-refractivity contribution < 1.29 is 9.13 Å². The fourth-order valence-electron chi connectivity index (χ4n) is 1.62. The molecule has 1 aromatic rings. The van der Waals surface area contributed by atoms with Crippen LogP contribution in [0.5, 0.6) is 5.75 Å². The molecular weight excluding hydrogens is 217 g/mol. The smallest absolute Gasteiger partial charge is 0.127 e. The molecule has 2 nitrogen and oxygen atoms in total. The molecule has 0 radical (unpaired) electrons. The zero-order valence-corrected chi connectivity index (χ0v) is 9.92. The van der Waals surface area contributed by atoms with Crippen molar-refractivity contribution in [2.45, 2.75) is 31.8 Å². The average molecular weight is 235 g/mol. The fourth-order valence-corrected chi connectivity index (χ4v) is 1.62. The van der Waals surface area contributed by atoms with Crippen LogP contribution in [0.15, 0.2) is 30.9 Å². The van der Waals surface area contributed by atoms with Gasteiger partial charge in [0.15, 0.2) is 0 Å². The molecule has 1 N–H and O–H groups in total. The summed E-state index contributed by atoms with van der Waals surface area (Å²) in [5, 5.41) is 3.36. The quantitative estimate of drug-likeness (QED) is 0.579. The van der Waals surface area contributed by atoms with Gasteiger partial charge < -0.3 is 10.1 Å². The molecule has 92 valence electrons. The molecule has 0 saturated heterocycles. The lowest BCUT2D eigenvalue weighted by atomic mass is 10.2. The van der Waals surface area contributed by atoms with Crippen molar-refractivity contribution >= 4 is 0 Å². The first-order valence-corrected chi connectivity index (χ1v) is 6.04. The van der Waals surface area contributed by atoms with E-state index in [1.54, 1.807) is 12.1 Å². The van der Waals surface area contributed by atoms with Gasteiger partial charge in [-0.1, -0.05) is 6.08 Å². The van der Waals surface area contributed by atoms with E-state index in [4.69, 9.17) is 4.74 Å². The summed E-state index contributed by atoms with van der Waals surface area (Å²) in [6.07, 6.45) is 5.02. The summed E-state index contributed by atoms with van der Waals surface area (Å²) in [4.78, 5) is 0. The van der Waals surface area contributed by atoms with Gasteiger partial charge in [0.2, 0.25) is 0 Å². The summed E-state index contributed by atoms with van der Waals surface area (Å²) in [5.41, 5.74) is 0.936. The second-order valence-corrected chi connectivity index (χ2v) is 4.38. The maximum atomic E-state index is 13.3. The van der Waals surface area contributed by atoms with E-state index < -0.39 is 0 Å². The normalized spacial score (nSPS) is 14.6. The van der Waals surface area contributed by atoms with E-state index in [0.29, 0.717) is 24.9 Å². The average Bonchev–Trinajstić information content (AvgIpc) is 3.10. The van der Waals surface area contributed by atoms with E-state index in [0.717, 1.165) is 12.0 Å². The lowest BCUT2D eigenvalue weighted by molar-refractivity contribution is 0.323. The Kier molecular flexibility index (Phi) is 4.15. The molecule has 0 atom stereocenters. The Labute approximate surface area is 101 Å². The Hall–Kier alpha value is -1.35. The van der Waals surface area contributed by atoms with Crippen molar-refractivity contribution in [1.82, 2.24) is 5.32 Å². The monoisotopic (exact) mass is 235 g/mol. The highest BCUT2D eigenvalue weighted by molar-refractivity contribution is 5.29. The molecule has 0 unspecified atom stereocenters. The molecule has 1 aliphatic rings. The van der Waals surface area contributed by atoms with Crippen LogP contribution in [-0.4, -0.2) is 12.6 Å². The molecule has 0 amide bonds. The van der Waals surface area contributed by atoms with Gasteiger partial charge in [0.05, 0.1) is 6.61 Å². The zero-order chi connectivity index (χ0) is 12.1. The third-order valence-electron chi connectivity index (χ3n) is 2.69. The Bertz CT molecular complexity index is 388. The van der Waals surface area contributed by atoms with Crippen LogP contribution >= 0.6 is 0 Å². The van der Waals surface area contributed by atoms with Crippen LogP contribution in [0.25, 0.3) is 0 Å². The van der Waals surface area contributed by atoms with Crippen LogP contribution in [-0.2, 0) is 6.54 Å². The minimum absolute atomic E-state index is 0.242. The molecule has 17 heavy (non-hydrogen) atoms. The van der Waals surface area contributed by atoms with Gasteiger partial charge in [-0.05, 0) is 37.0 Å². The SMILES string of the molecule is C=CCCOc1cc(F)cc(CNC2CC2)c1. The number of hydrogen-bond acceptors (Lipinski definition) is 2. The predicted molar refractivity (Wildman–Crippen MR) is 66.6 cm³/mol. The van der Waals surface area contributed by atoms with Crippen molar-refractivity contribution in [2.24, 2.45) is 0 Å². The van der Waals surface area contributed by atoms with Gasteiger partial charge >= 0.3 is 0 Å². The maximum absolute atomic E-state index is 13.3. The summed E-state index contributed by atoms with van der Waals surface area (Å²) < 4.78 is 18.8. The van der Waals surface area contributed by atoms with Gasteiger partial charge in [0.25, 0.3) is 0 Å². The van der Waals surface area contributed by atoms with Gasteiger partial charge in [-0.15, -0.1) is 6.58 Å². The van der Waals surface area contributed by atoms with Crippen LogP contribution in [0.4, 0.5) is 4.39 Å². The van der Waals surface area contributed by atoms with Crippen LogP contribution in [0.3, 0.4) is 0 Å². The summed E-state index contributed by atoms with van der Waals surface area (Å²) >= 11 is 0. The number of halogens is 1. The van der Waals surface area contributed by atoms with Crippen LogP contribution in [0.2, 0.25) is 0 Å². The first kappa shape index (κ1) is 12.1. The second-order valence-electron chi connectivity index (χ2n) is 4.38. The van der Waals surface area contributed by atoms with E-state index in [-0.39, 0.29) is 5.82 Å². The minimum Gasteiger partial charge on any atom is -0.493 e. The molecule has 1 aliphatic carbocycles. The van der Waals surface area contributed by atoms with E-state index in [1.807, 2.05) is 6.07 Å². The van der Waals surface area contributed by atoms with E-state index in [2.05, 4.69) is 11.9 Å². The maximum Gasteiger partial charge on any atom is 0.127 e. The Morgan fingerprint density at radius 2 is 2.24 bits per heavy atom. The standard InChI is InChI=1S/C14H18FNO/c1-2-3-6-17-14-8-11(7-12(15)9-14)10-16-13-4-5-13/h2,7-9,13,16H,1,3-6,10H2. The lowest BCUT2D eigenvalue weighted by Crippen LogP contribution is -2.15. The van der Waals surface area contributed by atoms with Gasteiger partial charge in [-0.25, -0.2) is 4.39 Å². The van der Waals surface area contributed by atoms with Gasteiger partial charge in [0.1, 0.15) is 11.6 Å². The van der Waals surface area contributed by atoms with Gasteiger partial charge in [-0.3, -0.25) is 0 Å². The van der Waals surface area contributed by atoms with Crippen molar-refractivity contribution in [3.05, 3.63) is 42.2 Å². The molecule has 3 heteroatoms. The zero-order valence-electron chi connectivity index (χ0n) is 9.92. The molecule has 0 bridgehead atoms. The molecule has 0 spiro atoms. The molecule has 0 aromatic heterocycles. The van der Waals surface area contributed by atoms with Gasteiger partial charge in [-0.2, -0.15) is 0 Å². The van der Waals surface area contributed by atoms with Crippen LogP contribution < -0.4 is 10.1 Å². The Morgan fingerprint density at radius 3 is 2.94 bits per heavy atom. The van der Waals surface area contributed by atoms with Crippen molar-refractivity contribution in [1.29, 1.82) is 0 Å². The second kappa shape index (κ2) is 5.82. The van der Waals surface area contributed by atoms with E-state index >= 15 is 0 Å². The summed E-state index contributed by atoms with van der Waals surface area (Å²) in [7, 11) is 0. The van der Waals surface area contributed by atoms with Gasteiger partial charge in [0, 0.05) is 18.7 Å². The molecular formula is C14H18FNO. The highest BCUT2D eigenvalue weighted by Gasteiger charge is 2.20. The summed E-state index contributed by atoms with van der Waals surface area (Å²) in [6, 6.07) is 5.49. The Morgan fingerprint density at radius 1 is 1.41 bits per heavy atom. The number of benzene rings is 1. The number of hydrogen-bond donors (Lipinski definition) is 1. The molecule has 1 saturated carbocycles. The first-order valence-electron chi connectivity index (χ1n) is 6.04. The van der Waals surface area contributed by atoms with Crippen LogP contribution in [0, 0.1) is 5.82 Å². The van der Waals surface area contributed by atoms with Crippen LogP contribution in [0.1, 0.15) is 24.8 Å². The number of ether oxygens (including phenoxy) is 1. The minimum atomic E-state index is -0.242. The molecule has 2 rings (SSSR count). The van der Waals surface area contributed by atoms with Crippen molar-refractivity contribution in [3.63, 3.8) is 0 Å². The molecule has 1 fully saturated rings. The predicted octanol–water partition coefficient (Wildman–Crippen LogP) is 3.03. The van der Waals surface area contributed by atoms with Crippen molar-refractivity contribution in [3.8, 4) is 5.75 Å². The number of nitrogens with one attached hydrogen (secondary N) is 1. The third kappa shape index (κ3) is 4.19. The lowest BCUT2D eigenvalue weighted by Gasteiger charge is -2.08. The largest absolute Gasteiger partial charge is 0.493 e. The summed E-state index contributed by atoms with van der Waals surface area (Å²) in [5.74, 6) is 0.355.